The van der Waals surface area contributed by atoms with E-state index in [9.17, 15) is 9.90 Å². The molecule has 5 rings (SSSR count). The predicted molar refractivity (Wildman–Crippen MR) is 103 cm³/mol. The molecule has 0 spiro atoms. The predicted octanol–water partition coefficient (Wildman–Crippen LogP) is 2.02. The Morgan fingerprint density at radius 1 is 1.14 bits per heavy atom. The lowest BCUT2D eigenvalue weighted by molar-refractivity contribution is 0.0765. The topological polar surface area (TPSA) is 99.9 Å². The number of hydrogen-bond donors (Lipinski definition) is 2. The third-order valence-corrected chi connectivity index (χ3v) is 5.04. The Kier molecular flexibility index (Phi) is 3.91. The zero-order chi connectivity index (χ0) is 19.1. The molecule has 0 aliphatic carbocycles. The van der Waals surface area contributed by atoms with Gasteiger partial charge >= 0.3 is 0 Å². The van der Waals surface area contributed by atoms with E-state index in [-0.39, 0.29) is 5.91 Å². The molecule has 0 saturated carbocycles. The number of amides is 1. The van der Waals surface area contributed by atoms with Crippen molar-refractivity contribution in [3.05, 3.63) is 60.3 Å². The van der Waals surface area contributed by atoms with E-state index in [0.29, 0.717) is 30.8 Å². The average molecular weight is 374 g/mol. The summed E-state index contributed by atoms with van der Waals surface area (Å²) in [5, 5.41) is 26.4. The first-order valence-corrected chi connectivity index (χ1v) is 9.12. The van der Waals surface area contributed by atoms with E-state index in [1.165, 1.54) is 0 Å². The number of carbonyl (C=O) groups is 1. The third-order valence-electron chi connectivity index (χ3n) is 5.04. The number of para-hydroxylation sites is 1. The maximum Gasteiger partial charge on any atom is 0.253 e. The maximum absolute atomic E-state index is 12.5. The molecule has 1 aliphatic rings. The number of hydrogen-bond acceptors (Lipinski definition) is 5. The van der Waals surface area contributed by atoms with Gasteiger partial charge in [0.1, 0.15) is 11.4 Å². The standard InChI is InChI=1S/C20H18N6O2/c27-15-9-10-25(11-15)20(28)13-5-7-14(8-6-13)26-12-18(22-24-26)19-16-3-1-2-4-17(16)21-23-19/h1-8,12,15,27H,9-11H2,(H,21,23)/t15-/m1/s1. The van der Waals surface area contributed by atoms with Crippen LogP contribution in [0.15, 0.2) is 54.7 Å². The van der Waals surface area contributed by atoms with E-state index >= 15 is 0 Å². The molecule has 0 unspecified atom stereocenters. The number of nitrogens with one attached hydrogen (secondary N) is 1. The van der Waals surface area contributed by atoms with Crippen molar-refractivity contribution in [2.75, 3.05) is 13.1 Å². The minimum absolute atomic E-state index is 0.0645. The van der Waals surface area contributed by atoms with Crippen LogP contribution in [0.1, 0.15) is 16.8 Å². The number of H-pyrrole nitrogens is 1. The van der Waals surface area contributed by atoms with Crippen molar-refractivity contribution in [1.29, 1.82) is 0 Å². The molecule has 8 nitrogen and oxygen atoms in total. The SMILES string of the molecule is O=C(c1ccc(-n2cc(-c3n[nH]c4ccccc34)nn2)cc1)N1CC[C@@H](O)C1. The normalized spacial score (nSPS) is 16.8. The van der Waals surface area contributed by atoms with Gasteiger partial charge in [-0.25, -0.2) is 4.68 Å². The van der Waals surface area contributed by atoms with E-state index in [2.05, 4.69) is 20.5 Å². The lowest BCUT2D eigenvalue weighted by Crippen LogP contribution is -2.29. The summed E-state index contributed by atoms with van der Waals surface area (Å²) in [6, 6.07) is 15.1. The number of aliphatic hydroxyl groups excluding tert-OH is 1. The largest absolute Gasteiger partial charge is 0.391 e. The smallest absolute Gasteiger partial charge is 0.253 e. The van der Waals surface area contributed by atoms with Crippen LogP contribution < -0.4 is 0 Å². The molecule has 1 saturated heterocycles. The Morgan fingerprint density at radius 2 is 1.96 bits per heavy atom. The van der Waals surface area contributed by atoms with Crippen molar-refractivity contribution in [1.82, 2.24) is 30.1 Å². The number of β-amino-alcohol motifs (C(OH)–C–C–N with tert-alkyl or cyclic N) is 1. The monoisotopic (exact) mass is 374 g/mol. The summed E-state index contributed by atoms with van der Waals surface area (Å²) in [6.45, 7) is 0.983. The number of nitrogens with zero attached hydrogens (tertiary/aromatic N) is 5. The third kappa shape index (κ3) is 2.84. The van der Waals surface area contributed by atoms with Crippen molar-refractivity contribution in [3.8, 4) is 17.1 Å². The van der Waals surface area contributed by atoms with E-state index in [4.69, 9.17) is 0 Å². The van der Waals surface area contributed by atoms with Crippen molar-refractivity contribution in [2.45, 2.75) is 12.5 Å². The van der Waals surface area contributed by atoms with Gasteiger partial charge in [-0.1, -0.05) is 23.4 Å². The highest BCUT2D eigenvalue weighted by Crippen LogP contribution is 2.24. The van der Waals surface area contributed by atoms with E-state index in [1.807, 2.05) is 42.6 Å². The molecule has 2 N–H and O–H groups in total. The molecule has 1 fully saturated rings. The highest BCUT2D eigenvalue weighted by atomic mass is 16.3. The summed E-state index contributed by atoms with van der Waals surface area (Å²) in [7, 11) is 0. The molecule has 0 radical (unpaired) electrons. The fraction of sp³-hybridized carbons (Fsp3) is 0.200. The molecular formula is C20H18N6O2. The van der Waals surface area contributed by atoms with Crippen LogP contribution in [0.2, 0.25) is 0 Å². The van der Waals surface area contributed by atoms with Crippen LogP contribution in [0.4, 0.5) is 0 Å². The number of aromatic nitrogens is 5. The van der Waals surface area contributed by atoms with Crippen molar-refractivity contribution < 1.29 is 9.90 Å². The van der Waals surface area contributed by atoms with Gasteiger partial charge in [-0.15, -0.1) is 5.10 Å². The molecule has 1 amide bonds. The second-order valence-corrected chi connectivity index (χ2v) is 6.91. The Balaban J connectivity index is 1.39. The lowest BCUT2D eigenvalue weighted by atomic mass is 10.1. The summed E-state index contributed by atoms with van der Waals surface area (Å²) in [5.41, 5.74) is 3.76. The van der Waals surface area contributed by atoms with Gasteiger partial charge in [0.25, 0.3) is 5.91 Å². The van der Waals surface area contributed by atoms with Crippen LogP contribution in [0.3, 0.4) is 0 Å². The molecule has 0 bridgehead atoms. The van der Waals surface area contributed by atoms with Gasteiger partial charge < -0.3 is 10.0 Å². The van der Waals surface area contributed by atoms with Gasteiger partial charge in [0, 0.05) is 24.0 Å². The molecule has 8 heteroatoms. The molecule has 140 valence electrons. The zero-order valence-electron chi connectivity index (χ0n) is 15.0. The lowest BCUT2D eigenvalue weighted by Gasteiger charge is -2.15. The van der Waals surface area contributed by atoms with E-state index in [0.717, 1.165) is 22.3 Å². The van der Waals surface area contributed by atoms with Gasteiger partial charge in [-0.2, -0.15) is 5.10 Å². The summed E-state index contributed by atoms with van der Waals surface area (Å²) < 4.78 is 1.66. The first kappa shape index (κ1) is 16.6. The van der Waals surface area contributed by atoms with Crippen molar-refractivity contribution in [3.63, 3.8) is 0 Å². The molecule has 2 aromatic heterocycles. The fourth-order valence-electron chi connectivity index (χ4n) is 3.52. The molecule has 4 aromatic rings. The van der Waals surface area contributed by atoms with Crippen LogP contribution in [-0.2, 0) is 0 Å². The Labute approximate surface area is 160 Å². The van der Waals surface area contributed by atoms with Gasteiger partial charge in [0.15, 0.2) is 0 Å². The van der Waals surface area contributed by atoms with Gasteiger partial charge in [-0.3, -0.25) is 9.89 Å². The molecule has 1 atom stereocenters. The molecule has 2 aromatic carbocycles. The quantitative estimate of drug-likeness (QED) is 0.571. The Bertz CT molecular complexity index is 1150. The second kappa shape index (κ2) is 6.58. The average Bonchev–Trinajstić information content (AvgIpc) is 3.46. The summed E-state index contributed by atoms with van der Waals surface area (Å²) in [4.78, 5) is 14.2. The summed E-state index contributed by atoms with van der Waals surface area (Å²) >= 11 is 0. The molecule has 28 heavy (non-hydrogen) atoms. The summed E-state index contributed by atoms with van der Waals surface area (Å²) in [6.07, 6.45) is 2.03. The Morgan fingerprint density at radius 3 is 2.75 bits per heavy atom. The summed E-state index contributed by atoms with van der Waals surface area (Å²) in [5.74, 6) is -0.0645. The fourth-order valence-corrected chi connectivity index (χ4v) is 3.52. The van der Waals surface area contributed by atoms with Crippen LogP contribution in [0, 0.1) is 0 Å². The number of likely N-dealkylation sites (tertiary alicyclic amines) is 1. The number of aliphatic hydroxyl groups is 1. The van der Waals surface area contributed by atoms with Crippen LogP contribution >= 0.6 is 0 Å². The van der Waals surface area contributed by atoms with Crippen LogP contribution in [0.25, 0.3) is 28.0 Å². The second-order valence-electron chi connectivity index (χ2n) is 6.91. The number of aromatic amines is 1. The van der Waals surface area contributed by atoms with E-state index in [1.54, 1.807) is 21.7 Å². The first-order chi connectivity index (χ1) is 13.7. The zero-order valence-corrected chi connectivity index (χ0v) is 15.0. The molecule has 1 aliphatic heterocycles. The number of carbonyl (C=O) groups excluding carboxylic acids is 1. The van der Waals surface area contributed by atoms with Crippen LogP contribution in [0.5, 0.6) is 0 Å². The minimum atomic E-state index is -0.421. The first-order valence-electron chi connectivity index (χ1n) is 9.12. The van der Waals surface area contributed by atoms with E-state index < -0.39 is 6.10 Å². The number of rotatable bonds is 3. The number of fused-ring (bicyclic) bond motifs is 1. The Hall–Kier alpha value is -3.52. The maximum atomic E-state index is 12.5. The van der Waals surface area contributed by atoms with Gasteiger partial charge in [-0.05, 0) is 36.8 Å². The van der Waals surface area contributed by atoms with Gasteiger partial charge in [0.2, 0.25) is 0 Å². The van der Waals surface area contributed by atoms with Crippen molar-refractivity contribution in [2.24, 2.45) is 0 Å². The molecular weight excluding hydrogens is 356 g/mol. The highest BCUT2D eigenvalue weighted by molar-refractivity contribution is 5.94. The minimum Gasteiger partial charge on any atom is -0.391 e. The molecule has 3 heterocycles. The number of benzene rings is 2. The highest BCUT2D eigenvalue weighted by Gasteiger charge is 2.25. The van der Waals surface area contributed by atoms with Gasteiger partial charge in [0.05, 0.1) is 23.5 Å². The van der Waals surface area contributed by atoms with Crippen molar-refractivity contribution >= 4 is 16.8 Å². The van der Waals surface area contributed by atoms with Crippen LogP contribution in [-0.4, -0.2) is 60.3 Å².